The van der Waals surface area contributed by atoms with E-state index >= 15 is 0 Å². The Balaban J connectivity index is 1.95. The van der Waals surface area contributed by atoms with Gasteiger partial charge in [-0.1, -0.05) is 36.4 Å². The first kappa shape index (κ1) is 12.9. The summed E-state index contributed by atoms with van der Waals surface area (Å²) in [5, 5.41) is 0. The van der Waals surface area contributed by atoms with Gasteiger partial charge >= 0.3 is 0 Å². The summed E-state index contributed by atoms with van der Waals surface area (Å²) in [7, 11) is 1.69. The van der Waals surface area contributed by atoms with Gasteiger partial charge in [0.2, 0.25) is 0 Å². The van der Waals surface area contributed by atoms with Crippen molar-refractivity contribution in [2.75, 3.05) is 13.7 Å². The van der Waals surface area contributed by atoms with Crippen LogP contribution in [0.25, 0.3) is 5.57 Å². The number of rotatable bonds is 4. The predicted molar refractivity (Wildman–Crippen MR) is 83.0 cm³/mol. The molecule has 0 unspecified atom stereocenters. The maximum atomic E-state index is 5.65. The zero-order valence-corrected chi connectivity index (χ0v) is 11.7. The molecule has 102 valence electrons. The number of hydrogen-bond donors (Lipinski definition) is 1. The van der Waals surface area contributed by atoms with Gasteiger partial charge in [-0.3, -0.25) is 0 Å². The molecule has 0 atom stereocenters. The van der Waals surface area contributed by atoms with Gasteiger partial charge < -0.3 is 10.5 Å². The van der Waals surface area contributed by atoms with E-state index in [1.165, 1.54) is 27.8 Å². The van der Waals surface area contributed by atoms with Gasteiger partial charge in [-0.05, 0) is 59.3 Å². The van der Waals surface area contributed by atoms with Crippen molar-refractivity contribution in [3.05, 3.63) is 70.8 Å². The minimum atomic E-state index is 0.695. The summed E-state index contributed by atoms with van der Waals surface area (Å²) in [5.74, 6) is 0.893. The molecule has 1 aliphatic carbocycles. The number of nitrogens with two attached hydrogens (primary N) is 1. The van der Waals surface area contributed by atoms with Crippen LogP contribution in [0.2, 0.25) is 0 Å². The molecule has 0 fully saturated rings. The summed E-state index contributed by atoms with van der Waals surface area (Å²) in [6.45, 7) is 0.695. The van der Waals surface area contributed by atoms with Crippen molar-refractivity contribution in [2.45, 2.75) is 12.8 Å². The largest absolute Gasteiger partial charge is 0.497 e. The molecule has 0 heterocycles. The standard InChI is InChI=1S/C18H19NO/c1-20-16-7-4-14(5-8-16)17-9-6-15-3-2-13(10-11-19)12-18(15)17/h2-5,7-9,12H,6,10-11,19H2,1H3. The van der Waals surface area contributed by atoms with Crippen LogP contribution in [0.1, 0.15) is 22.3 Å². The van der Waals surface area contributed by atoms with Gasteiger partial charge in [-0.2, -0.15) is 0 Å². The number of fused-ring (bicyclic) bond motifs is 1. The van der Waals surface area contributed by atoms with E-state index in [1.54, 1.807) is 7.11 Å². The first-order chi connectivity index (χ1) is 9.81. The van der Waals surface area contributed by atoms with Crippen molar-refractivity contribution in [1.29, 1.82) is 0 Å². The van der Waals surface area contributed by atoms with E-state index in [2.05, 4.69) is 36.4 Å². The van der Waals surface area contributed by atoms with Crippen LogP contribution in [0.15, 0.2) is 48.5 Å². The van der Waals surface area contributed by atoms with Crippen LogP contribution in [0.5, 0.6) is 5.75 Å². The van der Waals surface area contributed by atoms with E-state index in [-0.39, 0.29) is 0 Å². The lowest BCUT2D eigenvalue weighted by Gasteiger charge is -2.09. The Morgan fingerprint density at radius 2 is 1.90 bits per heavy atom. The molecule has 0 spiro atoms. The maximum absolute atomic E-state index is 5.65. The van der Waals surface area contributed by atoms with Crippen LogP contribution in [-0.4, -0.2) is 13.7 Å². The second kappa shape index (κ2) is 5.51. The highest BCUT2D eigenvalue weighted by Crippen LogP contribution is 2.34. The minimum absolute atomic E-state index is 0.695. The molecule has 2 nitrogen and oxygen atoms in total. The molecule has 1 aliphatic rings. The zero-order valence-electron chi connectivity index (χ0n) is 11.7. The molecule has 3 rings (SSSR count). The molecule has 0 bridgehead atoms. The third-order valence-corrected chi connectivity index (χ3v) is 3.82. The third kappa shape index (κ3) is 2.35. The first-order valence-electron chi connectivity index (χ1n) is 6.98. The molecule has 2 heteroatoms. The van der Waals surface area contributed by atoms with Crippen LogP contribution in [0, 0.1) is 0 Å². The van der Waals surface area contributed by atoms with Crippen LogP contribution in [0.3, 0.4) is 0 Å². The average Bonchev–Trinajstić information content (AvgIpc) is 2.91. The normalized spacial score (nSPS) is 13.0. The molecule has 2 aromatic carbocycles. The molecule has 0 radical (unpaired) electrons. The van der Waals surface area contributed by atoms with Crippen LogP contribution >= 0.6 is 0 Å². The van der Waals surface area contributed by atoms with Crippen molar-refractivity contribution >= 4 is 5.57 Å². The van der Waals surface area contributed by atoms with Crippen molar-refractivity contribution in [3.63, 3.8) is 0 Å². The summed E-state index contributed by atoms with van der Waals surface area (Å²) in [4.78, 5) is 0. The highest BCUT2D eigenvalue weighted by Gasteiger charge is 2.16. The van der Waals surface area contributed by atoms with Crippen LogP contribution < -0.4 is 10.5 Å². The number of hydrogen-bond acceptors (Lipinski definition) is 2. The molecular weight excluding hydrogens is 246 g/mol. The van der Waals surface area contributed by atoms with Gasteiger partial charge in [0.1, 0.15) is 5.75 Å². The fourth-order valence-corrected chi connectivity index (χ4v) is 2.74. The lowest BCUT2D eigenvalue weighted by atomic mass is 9.96. The van der Waals surface area contributed by atoms with E-state index in [4.69, 9.17) is 10.5 Å². The van der Waals surface area contributed by atoms with Crippen molar-refractivity contribution in [1.82, 2.24) is 0 Å². The topological polar surface area (TPSA) is 35.2 Å². The lowest BCUT2D eigenvalue weighted by molar-refractivity contribution is 0.415. The van der Waals surface area contributed by atoms with Gasteiger partial charge in [0.25, 0.3) is 0 Å². The van der Waals surface area contributed by atoms with Gasteiger partial charge in [0.15, 0.2) is 0 Å². The van der Waals surface area contributed by atoms with Crippen molar-refractivity contribution in [3.8, 4) is 5.75 Å². The maximum Gasteiger partial charge on any atom is 0.118 e. The number of methoxy groups -OCH3 is 1. The number of benzene rings is 2. The summed E-state index contributed by atoms with van der Waals surface area (Å²) < 4.78 is 5.22. The van der Waals surface area contributed by atoms with Gasteiger partial charge in [-0.15, -0.1) is 0 Å². The lowest BCUT2D eigenvalue weighted by Crippen LogP contribution is -2.03. The van der Waals surface area contributed by atoms with Crippen molar-refractivity contribution < 1.29 is 4.74 Å². The van der Waals surface area contributed by atoms with Gasteiger partial charge in [-0.25, -0.2) is 0 Å². The number of allylic oxidation sites excluding steroid dienone is 1. The van der Waals surface area contributed by atoms with E-state index in [0.29, 0.717) is 6.54 Å². The van der Waals surface area contributed by atoms with E-state index in [9.17, 15) is 0 Å². The Hall–Kier alpha value is -2.06. The molecule has 0 saturated heterocycles. The zero-order chi connectivity index (χ0) is 13.9. The predicted octanol–water partition coefficient (Wildman–Crippen LogP) is 3.18. The fraction of sp³-hybridized carbons (Fsp3) is 0.222. The Morgan fingerprint density at radius 3 is 2.60 bits per heavy atom. The Kier molecular flexibility index (Phi) is 3.57. The number of ether oxygens (including phenoxy) is 1. The molecular formula is C18H19NO. The monoisotopic (exact) mass is 265 g/mol. The summed E-state index contributed by atoms with van der Waals surface area (Å²) in [6, 6.07) is 15.0. The summed E-state index contributed by atoms with van der Waals surface area (Å²) in [5.41, 5.74) is 12.3. The molecule has 0 amide bonds. The highest BCUT2D eigenvalue weighted by molar-refractivity contribution is 5.85. The van der Waals surface area contributed by atoms with Crippen molar-refractivity contribution in [2.24, 2.45) is 5.73 Å². The quantitative estimate of drug-likeness (QED) is 0.921. The Bertz CT molecular complexity index is 641. The fourth-order valence-electron chi connectivity index (χ4n) is 2.74. The smallest absolute Gasteiger partial charge is 0.118 e. The van der Waals surface area contributed by atoms with Gasteiger partial charge in [0, 0.05) is 0 Å². The summed E-state index contributed by atoms with van der Waals surface area (Å²) >= 11 is 0. The average molecular weight is 265 g/mol. The Morgan fingerprint density at radius 1 is 1.10 bits per heavy atom. The van der Waals surface area contributed by atoms with E-state index in [1.807, 2.05) is 12.1 Å². The minimum Gasteiger partial charge on any atom is -0.497 e. The molecule has 2 N–H and O–H groups in total. The second-order valence-corrected chi connectivity index (χ2v) is 5.08. The first-order valence-corrected chi connectivity index (χ1v) is 6.98. The Labute approximate surface area is 119 Å². The van der Waals surface area contributed by atoms with E-state index in [0.717, 1.165) is 18.6 Å². The van der Waals surface area contributed by atoms with Crippen LogP contribution in [0.4, 0.5) is 0 Å². The SMILES string of the molecule is COc1ccc(C2=CCc3ccc(CCN)cc32)cc1. The highest BCUT2D eigenvalue weighted by atomic mass is 16.5. The molecule has 2 aromatic rings. The molecule has 0 aromatic heterocycles. The summed E-state index contributed by atoms with van der Waals surface area (Å²) in [6.07, 6.45) is 4.25. The second-order valence-electron chi connectivity index (χ2n) is 5.08. The van der Waals surface area contributed by atoms with E-state index < -0.39 is 0 Å². The molecule has 0 aliphatic heterocycles. The van der Waals surface area contributed by atoms with Crippen LogP contribution in [-0.2, 0) is 12.8 Å². The molecule has 0 saturated carbocycles. The molecule has 20 heavy (non-hydrogen) atoms. The third-order valence-electron chi connectivity index (χ3n) is 3.82. The van der Waals surface area contributed by atoms with Gasteiger partial charge in [0.05, 0.1) is 7.11 Å².